The van der Waals surface area contributed by atoms with Crippen molar-refractivity contribution in [3.05, 3.63) is 100 Å². The number of ether oxygens (including phenoxy) is 1. The van der Waals surface area contributed by atoms with Gasteiger partial charge in [-0.15, -0.1) is 0 Å². The van der Waals surface area contributed by atoms with E-state index in [1.807, 2.05) is 36.1 Å². The van der Waals surface area contributed by atoms with Crippen LogP contribution in [0.5, 0.6) is 0 Å². The fourth-order valence-corrected chi connectivity index (χ4v) is 4.83. The lowest BCUT2D eigenvalue weighted by Crippen LogP contribution is -2.45. The van der Waals surface area contributed by atoms with Gasteiger partial charge in [-0.3, -0.25) is 4.79 Å². The van der Waals surface area contributed by atoms with Gasteiger partial charge in [0.1, 0.15) is 11.9 Å². The number of anilines is 1. The van der Waals surface area contributed by atoms with Crippen molar-refractivity contribution < 1.29 is 23.5 Å². The molecule has 0 saturated carbocycles. The number of piperidine rings is 1. The van der Waals surface area contributed by atoms with E-state index in [2.05, 4.69) is 16.7 Å². The van der Waals surface area contributed by atoms with E-state index < -0.39 is 23.9 Å². The average molecular weight is 543 g/mol. The lowest BCUT2D eigenvalue weighted by atomic mass is 9.89. The first-order chi connectivity index (χ1) is 19.3. The highest BCUT2D eigenvalue weighted by Gasteiger charge is 2.26. The van der Waals surface area contributed by atoms with Gasteiger partial charge >= 0.3 is 12.0 Å². The molecular weight excluding hydrogens is 511 g/mol. The van der Waals surface area contributed by atoms with Gasteiger partial charge in [0.2, 0.25) is 0 Å². The van der Waals surface area contributed by atoms with Crippen LogP contribution in [-0.2, 0) is 16.0 Å². The van der Waals surface area contributed by atoms with Gasteiger partial charge in [0.05, 0.1) is 18.7 Å². The van der Waals surface area contributed by atoms with E-state index >= 15 is 0 Å². The molecule has 0 spiro atoms. The normalized spacial score (nSPS) is 14.1. The molecule has 9 heteroatoms. The maximum atomic E-state index is 13.3. The van der Waals surface area contributed by atoms with E-state index in [1.54, 1.807) is 18.2 Å². The number of nitrogens with zero attached hydrogens (tertiary/aromatic N) is 2. The van der Waals surface area contributed by atoms with Gasteiger partial charge in [0.15, 0.2) is 0 Å². The van der Waals surface area contributed by atoms with Crippen molar-refractivity contribution >= 4 is 23.6 Å². The summed E-state index contributed by atoms with van der Waals surface area (Å²) in [7, 11) is 1.23. The molecule has 0 radical (unpaired) electrons. The van der Waals surface area contributed by atoms with Crippen molar-refractivity contribution in [2.45, 2.75) is 38.1 Å². The Labute approximate surface area is 232 Å². The van der Waals surface area contributed by atoms with Crippen LogP contribution in [0, 0.1) is 24.1 Å². The van der Waals surface area contributed by atoms with Gasteiger partial charge < -0.3 is 20.3 Å². The Balaban J connectivity index is 1.38. The summed E-state index contributed by atoms with van der Waals surface area (Å²) in [4.78, 5) is 40.2. The van der Waals surface area contributed by atoms with Crippen molar-refractivity contribution in [1.29, 1.82) is 5.26 Å². The van der Waals surface area contributed by atoms with Crippen LogP contribution >= 0.6 is 0 Å². The smallest absolute Gasteiger partial charge is 0.328 e. The number of urea groups is 1. The molecule has 3 amide bonds. The van der Waals surface area contributed by atoms with Gasteiger partial charge in [0, 0.05) is 30.8 Å². The van der Waals surface area contributed by atoms with Crippen LogP contribution in [0.25, 0.3) is 0 Å². The molecule has 3 aromatic rings. The predicted molar refractivity (Wildman–Crippen MR) is 148 cm³/mol. The molecule has 4 rings (SSSR count). The van der Waals surface area contributed by atoms with E-state index in [1.165, 1.54) is 36.9 Å². The third kappa shape index (κ3) is 7.03. The highest BCUT2D eigenvalue weighted by atomic mass is 19.1. The van der Waals surface area contributed by atoms with Crippen molar-refractivity contribution in [3.8, 4) is 6.07 Å². The molecule has 0 aromatic heterocycles. The van der Waals surface area contributed by atoms with Crippen LogP contribution in [0.3, 0.4) is 0 Å². The van der Waals surface area contributed by atoms with Crippen molar-refractivity contribution in [1.82, 2.24) is 10.2 Å². The summed E-state index contributed by atoms with van der Waals surface area (Å²) in [5, 5.41) is 14.4. The van der Waals surface area contributed by atoms with E-state index in [9.17, 15) is 18.8 Å². The molecule has 2 N–H and O–H groups in total. The fraction of sp³-hybridized carbons (Fsp3) is 0.290. The molecule has 1 atom stereocenters. The summed E-state index contributed by atoms with van der Waals surface area (Å²) in [5.74, 6) is -0.826. The van der Waals surface area contributed by atoms with Crippen molar-refractivity contribution in [3.63, 3.8) is 0 Å². The molecule has 1 unspecified atom stereocenters. The third-order valence-corrected chi connectivity index (χ3v) is 7.17. The van der Waals surface area contributed by atoms with E-state index in [0.717, 1.165) is 18.4 Å². The van der Waals surface area contributed by atoms with Gasteiger partial charge in [-0.05, 0) is 78.8 Å². The number of carbonyl (C=O) groups excluding carboxylic acids is 3. The summed E-state index contributed by atoms with van der Waals surface area (Å²) < 4.78 is 18.1. The second kappa shape index (κ2) is 12.9. The Morgan fingerprint density at radius 2 is 1.73 bits per heavy atom. The minimum Gasteiger partial charge on any atom is -0.467 e. The van der Waals surface area contributed by atoms with Gasteiger partial charge in [-0.1, -0.05) is 30.3 Å². The molecule has 1 aliphatic heterocycles. The molecule has 1 saturated heterocycles. The molecule has 0 bridgehead atoms. The molecule has 206 valence electrons. The Bertz CT molecular complexity index is 1410. The Kier molecular flexibility index (Phi) is 9.12. The summed E-state index contributed by atoms with van der Waals surface area (Å²) >= 11 is 0. The Hall–Kier alpha value is -4.71. The van der Waals surface area contributed by atoms with Gasteiger partial charge in [0.25, 0.3) is 5.91 Å². The van der Waals surface area contributed by atoms with E-state index in [0.29, 0.717) is 41.4 Å². The second-order valence-corrected chi connectivity index (χ2v) is 9.83. The molecule has 1 fully saturated rings. The topological polar surface area (TPSA) is 112 Å². The summed E-state index contributed by atoms with van der Waals surface area (Å²) in [6, 6.07) is 18.9. The fourth-order valence-electron chi connectivity index (χ4n) is 4.83. The maximum Gasteiger partial charge on any atom is 0.328 e. The molecule has 3 aromatic carbocycles. The monoisotopic (exact) mass is 542 g/mol. The van der Waals surface area contributed by atoms with Crippen molar-refractivity contribution in [2.75, 3.05) is 25.5 Å². The molecular formula is C31H31FN4O4. The summed E-state index contributed by atoms with van der Waals surface area (Å²) in [5.41, 5.74) is 4.10. The lowest BCUT2D eigenvalue weighted by Gasteiger charge is -2.32. The minimum absolute atomic E-state index is 0.120. The average Bonchev–Trinajstić information content (AvgIpc) is 2.98. The van der Waals surface area contributed by atoms with E-state index in [-0.39, 0.29) is 12.3 Å². The SMILES string of the molecule is COC(=O)C(Cc1ccc(F)cc1)NC(=O)Nc1cc(C(=O)N2CCC(c3ccc(C#N)cc3)CC2)ccc1C. The minimum atomic E-state index is -0.988. The van der Waals surface area contributed by atoms with Gasteiger partial charge in [-0.2, -0.15) is 5.26 Å². The molecule has 40 heavy (non-hydrogen) atoms. The van der Waals surface area contributed by atoms with Crippen LogP contribution < -0.4 is 10.6 Å². The number of carbonyl (C=O) groups is 3. The van der Waals surface area contributed by atoms with Gasteiger partial charge in [-0.25, -0.2) is 14.0 Å². The Morgan fingerprint density at radius 1 is 1.05 bits per heavy atom. The number of benzene rings is 3. The number of halogens is 1. The van der Waals surface area contributed by atoms with Crippen molar-refractivity contribution in [2.24, 2.45) is 0 Å². The first kappa shape index (κ1) is 28.3. The zero-order valence-corrected chi connectivity index (χ0v) is 22.4. The predicted octanol–water partition coefficient (Wildman–Crippen LogP) is 4.93. The van der Waals surface area contributed by atoms with Crippen LogP contribution in [0.15, 0.2) is 66.7 Å². The summed E-state index contributed by atoms with van der Waals surface area (Å²) in [6.45, 7) is 3.01. The molecule has 1 heterocycles. The van der Waals surface area contributed by atoms with Crippen LogP contribution in [0.4, 0.5) is 14.9 Å². The van der Waals surface area contributed by atoms with Crippen LogP contribution in [0.1, 0.15) is 51.4 Å². The number of esters is 1. The third-order valence-electron chi connectivity index (χ3n) is 7.17. The number of methoxy groups -OCH3 is 1. The first-order valence-electron chi connectivity index (χ1n) is 13.1. The highest BCUT2D eigenvalue weighted by molar-refractivity contribution is 5.98. The largest absolute Gasteiger partial charge is 0.467 e. The Morgan fingerprint density at radius 3 is 2.35 bits per heavy atom. The number of aryl methyl sites for hydroxylation is 1. The number of nitriles is 1. The zero-order valence-electron chi connectivity index (χ0n) is 22.4. The molecule has 8 nitrogen and oxygen atoms in total. The van der Waals surface area contributed by atoms with E-state index in [4.69, 9.17) is 10.00 Å². The summed E-state index contributed by atoms with van der Waals surface area (Å²) in [6.07, 6.45) is 1.76. The first-order valence-corrected chi connectivity index (χ1v) is 13.1. The highest BCUT2D eigenvalue weighted by Crippen LogP contribution is 2.29. The number of hydrogen-bond acceptors (Lipinski definition) is 5. The number of rotatable bonds is 7. The standard InChI is InChI=1S/C31H31FN4O4/c1-20-3-8-25(29(37)36-15-13-24(14-16-36)23-9-4-22(19-33)5-10-23)18-27(20)34-31(39)35-28(30(38)40-2)17-21-6-11-26(32)12-7-21/h3-12,18,24,28H,13-17H2,1-2H3,(H2,34,35,39). The zero-order chi connectivity index (χ0) is 28.6. The number of likely N-dealkylation sites (tertiary alicyclic amines) is 1. The number of nitrogens with one attached hydrogen (secondary N) is 2. The van der Waals surface area contributed by atoms with Crippen LogP contribution in [0.2, 0.25) is 0 Å². The number of amides is 3. The maximum absolute atomic E-state index is 13.3. The quantitative estimate of drug-likeness (QED) is 0.411. The molecule has 1 aliphatic rings. The van der Waals surface area contributed by atoms with Crippen LogP contribution in [-0.4, -0.2) is 49.0 Å². The number of hydrogen-bond donors (Lipinski definition) is 2. The second-order valence-electron chi connectivity index (χ2n) is 9.83. The lowest BCUT2D eigenvalue weighted by molar-refractivity contribution is -0.142. The molecule has 0 aliphatic carbocycles.